The molecule has 1 aliphatic heterocycles. The summed E-state index contributed by atoms with van der Waals surface area (Å²) in [4.78, 5) is 30.5. The van der Waals surface area contributed by atoms with E-state index in [4.69, 9.17) is 9.26 Å². The van der Waals surface area contributed by atoms with E-state index >= 15 is 0 Å². The molecule has 2 heterocycles. The molecule has 2 aromatic carbocycles. The molecule has 1 saturated heterocycles. The van der Waals surface area contributed by atoms with E-state index in [2.05, 4.69) is 15.5 Å². The van der Waals surface area contributed by atoms with Gasteiger partial charge in [-0.25, -0.2) is 0 Å². The molecule has 0 saturated carbocycles. The normalized spacial score (nSPS) is 15.8. The van der Waals surface area contributed by atoms with Crippen molar-refractivity contribution in [2.24, 2.45) is 0 Å². The summed E-state index contributed by atoms with van der Waals surface area (Å²) in [6.07, 6.45) is 1.80. The van der Waals surface area contributed by atoms with Crippen molar-refractivity contribution in [1.29, 1.82) is 0 Å². The second-order valence-electron chi connectivity index (χ2n) is 7.47. The molecule has 160 valence electrons. The van der Waals surface area contributed by atoms with Crippen LogP contribution in [0.3, 0.4) is 0 Å². The fraction of sp³-hybridized carbons (Fsp3) is 0.304. The number of nitrogens with zero attached hydrogens (tertiary/aromatic N) is 3. The van der Waals surface area contributed by atoms with Gasteiger partial charge in [0.25, 0.3) is 0 Å². The number of aromatic nitrogens is 2. The molecular weight excluding hydrogens is 396 g/mol. The fourth-order valence-electron chi connectivity index (χ4n) is 3.51. The molecule has 3 aromatic rings. The monoisotopic (exact) mass is 420 g/mol. The minimum atomic E-state index is -0.203. The first kappa shape index (κ1) is 20.6. The first-order valence-corrected chi connectivity index (χ1v) is 10.3. The first-order valence-electron chi connectivity index (χ1n) is 10.3. The molecule has 0 aliphatic carbocycles. The largest absolute Gasteiger partial charge is 0.457 e. The van der Waals surface area contributed by atoms with Gasteiger partial charge in [-0.05, 0) is 49.7 Å². The van der Waals surface area contributed by atoms with Crippen LogP contribution in [0.4, 0.5) is 5.69 Å². The summed E-state index contributed by atoms with van der Waals surface area (Å²) in [5.41, 5.74) is 0.786. The molecule has 4 rings (SSSR count). The molecule has 8 nitrogen and oxygen atoms in total. The molecule has 31 heavy (non-hydrogen) atoms. The van der Waals surface area contributed by atoms with Crippen molar-refractivity contribution < 1.29 is 18.8 Å². The average molecular weight is 420 g/mol. The van der Waals surface area contributed by atoms with Gasteiger partial charge in [-0.15, -0.1) is 0 Å². The van der Waals surface area contributed by atoms with Crippen molar-refractivity contribution in [3.63, 3.8) is 0 Å². The summed E-state index contributed by atoms with van der Waals surface area (Å²) in [6.45, 7) is 2.21. The highest BCUT2D eigenvalue weighted by molar-refractivity contribution is 5.96. The van der Waals surface area contributed by atoms with Crippen LogP contribution in [0, 0.1) is 6.92 Å². The van der Waals surface area contributed by atoms with E-state index in [1.165, 1.54) is 0 Å². The number of ether oxygens (including phenoxy) is 1. The Bertz CT molecular complexity index is 1030. The second-order valence-corrected chi connectivity index (χ2v) is 7.47. The van der Waals surface area contributed by atoms with Gasteiger partial charge in [-0.2, -0.15) is 4.98 Å². The number of nitrogens with one attached hydrogen (secondary N) is 1. The lowest BCUT2D eigenvalue weighted by molar-refractivity contribution is -0.121. The quantitative estimate of drug-likeness (QED) is 0.600. The zero-order valence-corrected chi connectivity index (χ0v) is 17.3. The van der Waals surface area contributed by atoms with Crippen molar-refractivity contribution >= 4 is 17.5 Å². The minimum Gasteiger partial charge on any atom is -0.457 e. The number of amides is 2. The van der Waals surface area contributed by atoms with Crippen molar-refractivity contribution in [3.05, 3.63) is 66.3 Å². The number of para-hydroxylation sites is 1. The van der Waals surface area contributed by atoms with Crippen LogP contribution in [0.2, 0.25) is 0 Å². The number of hydrogen-bond acceptors (Lipinski definition) is 6. The van der Waals surface area contributed by atoms with Crippen LogP contribution in [0.1, 0.15) is 31.0 Å². The van der Waals surface area contributed by atoms with E-state index in [0.29, 0.717) is 43.3 Å². The van der Waals surface area contributed by atoms with Crippen LogP contribution >= 0.6 is 0 Å². The van der Waals surface area contributed by atoms with Gasteiger partial charge in [0.05, 0.1) is 6.04 Å². The van der Waals surface area contributed by atoms with Crippen LogP contribution in [-0.2, 0) is 16.0 Å². The molecule has 1 aliphatic rings. The molecule has 1 aromatic heterocycles. The molecular formula is C23H24N4O4. The molecule has 0 spiro atoms. The van der Waals surface area contributed by atoms with Gasteiger partial charge >= 0.3 is 0 Å². The smallest absolute Gasteiger partial charge is 0.229 e. The van der Waals surface area contributed by atoms with E-state index in [-0.39, 0.29) is 24.3 Å². The Kier molecular flexibility index (Phi) is 6.26. The Morgan fingerprint density at radius 3 is 2.61 bits per heavy atom. The van der Waals surface area contributed by atoms with Gasteiger partial charge in [0.2, 0.25) is 17.7 Å². The lowest BCUT2D eigenvalue weighted by Gasteiger charge is -2.18. The van der Waals surface area contributed by atoms with Crippen LogP contribution in [0.5, 0.6) is 11.5 Å². The van der Waals surface area contributed by atoms with Crippen molar-refractivity contribution in [1.82, 2.24) is 15.5 Å². The molecule has 1 fully saturated rings. The standard InChI is InChI=1S/C23H24N4O4/c1-16-24-22(31-26-16)9-5-8-21(28)25-17-14-23(29)27(15-17)18-10-12-20(13-11-18)30-19-6-3-2-4-7-19/h2-4,6-7,10-13,17H,5,8-9,14-15H2,1H3,(H,25,28). The third-order valence-corrected chi connectivity index (χ3v) is 4.98. The van der Waals surface area contributed by atoms with Gasteiger partial charge in [0, 0.05) is 31.5 Å². The Labute approximate surface area is 180 Å². The van der Waals surface area contributed by atoms with Gasteiger partial charge in [0.1, 0.15) is 11.5 Å². The van der Waals surface area contributed by atoms with Gasteiger partial charge in [-0.3, -0.25) is 9.59 Å². The average Bonchev–Trinajstić information content (AvgIpc) is 3.34. The highest BCUT2D eigenvalue weighted by Gasteiger charge is 2.31. The molecule has 0 radical (unpaired) electrons. The summed E-state index contributed by atoms with van der Waals surface area (Å²) in [6, 6.07) is 16.7. The zero-order valence-electron chi connectivity index (χ0n) is 17.3. The Morgan fingerprint density at radius 2 is 1.90 bits per heavy atom. The summed E-state index contributed by atoms with van der Waals surface area (Å²) >= 11 is 0. The van der Waals surface area contributed by atoms with E-state index in [1.54, 1.807) is 11.8 Å². The third kappa shape index (κ3) is 5.48. The molecule has 1 unspecified atom stereocenters. The number of hydrogen-bond donors (Lipinski definition) is 1. The molecule has 2 amide bonds. The highest BCUT2D eigenvalue weighted by atomic mass is 16.5. The Balaban J connectivity index is 1.26. The summed E-state index contributed by atoms with van der Waals surface area (Å²) < 4.78 is 10.8. The van der Waals surface area contributed by atoms with E-state index in [9.17, 15) is 9.59 Å². The van der Waals surface area contributed by atoms with Crippen LogP contribution < -0.4 is 15.0 Å². The number of anilines is 1. The van der Waals surface area contributed by atoms with Crippen molar-refractivity contribution in [2.45, 2.75) is 38.6 Å². The maximum Gasteiger partial charge on any atom is 0.229 e. The van der Waals surface area contributed by atoms with Crippen molar-refractivity contribution in [2.75, 3.05) is 11.4 Å². The van der Waals surface area contributed by atoms with Gasteiger partial charge in [0.15, 0.2) is 5.82 Å². The number of carbonyl (C=O) groups is 2. The molecule has 0 bridgehead atoms. The van der Waals surface area contributed by atoms with Crippen LogP contribution in [-0.4, -0.2) is 34.5 Å². The van der Waals surface area contributed by atoms with Gasteiger partial charge < -0.3 is 19.5 Å². The van der Waals surface area contributed by atoms with E-state index < -0.39 is 0 Å². The third-order valence-electron chi connectivity index (χ3n) is 4.98. The fourth-order valence-corrected chi connectivity index (χ4v) is 3.51. The summed E-state index contributed by atoms with van der Waals surface area (Å²) in [5.74, 6) is 2.48. The van der Waals surface area contributed by atoms with Crippen molar-refractivity contribution in [3.8, 4) is 11.5 Å². The maximum atomic E-state index is 12.5. The Morgan fingerprint density at radius 1 is 1.16 bits per heavy atom. The maximum absolute atomic E-state index is 12.5. The lowest BCUT2D eigenvalue weighted by atomic mass is 10.2. The second kappa shape index (κ2) is 9.42. The summed E-state index contributed by atoms with van der Waals surface area (Å²) in [5, 5.41) is 6.68. The first-order chi connectivity index (χ1) is 15.1. The SMILES string of the molecule is Cc1noc(CCCC(=O)NC2CC(=O)N(c3ccc(Oc4ccccc4)cc3)C2)n1. The summed E-state index contributed by atoms with van der Waals surface area (Å²) in [7, 11) is 0. The number of aryl methyl sites for hydroxylation is 2. The number of carbonyl (C=O) groups excluding carboxylic acids is 2. The zero-order chi connectivity index (χ0) is 21.6. The predicted octanol–water partition coefficient (Wildman–Crippen LogP) is 3.41. The van der Waals surface area contributed by atoms with E-state index in [1.807, 2.05) is 54.6 Å². The molecule has 8 heteroatoms. The number of benzene rings is 2. The van der Waals surface area contributed by atoms with E-state index in [0.717, 1.165) is 11.4 Å². The highest BCUT2D eigenvalue weighted by Crippen LogP contribution is 2.27. The minimum absolute atomic E-state index is 0.0108. The van der Waals surface area contributed by atoms with Crippen LogP contribution in [0.15, 0.2) is 59.1 Å². The molecule has 1 N–H and O–H groups in total. The predicted molar refractivity (Wildman–Crippen MR) is 114 cm³/mol. The number of rotatable bonds is 8. The Hall–Kier alpha value is -3.68. The van der Waals surface area contributed by atoms with Crippen LogP contribution in [0.25, 0.3) is 0 Å². The topological polar surface area (TPSA) is 97.6 Å². The lowest BCUT2D eigenvalue weighted by Crippen LogP contribution is -2.37. The van der Waals surface area contributed by atoms with Gasteiger partial charge in [-0.1, -0.05) is 23.4 Å². The molecule has 1 atom stereocenters.